The van der Waals surface area contributed by atoms with Gasteiger partial charge in [0, 0.05) is 13.5 Å². The van der Waals surface area contributed by atoms with Gasteiger partial charge in [-0.25, -0.2) is 0 Å². The number of hydrogen-bond acceptors (Lipinski definition) is 4. The zero-order valence-electron chi connectivity index (χ0n) is 9.41. The van der Waals surface area contributed by atoms with Gasteiger partial charge in [0.15, 0.2) is 0 Å². The molecule has 0 aliphatic carbocycles. The standard InChI is InChI=1S/C10H18O5/c1-10(2,9(12)13)5-4-8(11)15-7-6-14-3/h4-7H2,1-3H3,(H,12,13). The Kier molecular flexibility index (Phi) is 5.93. The minimum Gasteiger partial charge on any atom is -0.481 e. The van der Waals surface area contributed by atoms with Gasteiger partial charge >= 0.3 is 11.9 Å². The Hall–Kier alpha value is -1.10. The summed E-state index contributed by atoms with van der Waals surface area (Å²) in [6.07, 6.45) is 0.386. The molecule has 0 aromatic rings. The SMILES string of the molecule is COCCOC(=O)CCC(C)(C)C(=O)O. The summed E-state index contributed by atoms with van der Waals surface area (Å²) in [6, 6.07) is 0. The van der Waals surface area contributed by atoms with E-state index in [1.807, 2.05) is 0 Å². The molecule has 0 saturated carbocycles. The van der Waals surface area contributed by atoms with E-state index in [4.69, 9.17) is 14.6 Å². The van der Waals surface area contributed by atoms with Crippen molar-refractivity contribution < 1.29 is 24.2 Å². The Bertz CT molecular complexity index is 222. The molecular weight excluding hydrogens is 200 g/mol. The van der Waals surface area contributed by atoms with Crippen LogP contribution in [-0.2, 0) is 19.1 Å². The van der Waals surface area contributed by atoms with Crippen molar-refractivity contribution in [1.29, 1.82) is 0 Å². The number of esters is 1. The molecule has 5 heteroatoms. The molecule has 88 valence electrons. The largest absolute Gasteiger partial charge is 0.481 e. The second kappa shape index (κ2) is 6.40. The molecule has 0 aromatic carbocycles. The van der Waals surface area contributed by atoms with E-state index in [-0.39, 0.29) is 25.4 Å². The fourth-order valence-electron chi connectivity index (χ4n) is 0.832. The molecule has 5 nitrogen and oxygen atoms in total. The van der Waals surface area contributed by atoms with Crippen molar-refractivity contribution in [3.8, 4) is 0 Å². The third-order valence-electron chi connectivity index (χ3n) is 2.08. The van der Waals surface area contributed by atoms with Crippen LogP contribution in [0.1, 0.15) is 26.7 Å². The molecule has 0 spiro atoms. The predicted molar refractivity (Wildman–Crippen MR) is 53.5 cm³/mol. The smallest absolute Gasteiger partial charge is 0.309 e. The third-order valence-corrected chi connectivity index (χ3v) is 2.08. The topological polar surface area (TPSA) is 72.8 Å². The summed E-state index contributed by atoms with van der Waals surface area (Å²) >= 11 is 0. The van der Waals surface area contributed by atoms with Crippen molar-refractivity contribution in [2.75, 3.05) is 20.3 Å². The van der Waals surface area contributed by atoms with Gasteiger partial charge in [-0.2, -0.15) is 0 Å². The summed E-state index contributed by atoms with van der Waals surface area (Å²) in [4.78, 5) is 21.8. The van der Waals surface area contributed by atoms with Gasteiger partial charge in [0.1, 0.15) is 6.61 Å². The van der Waals surface area contributed by atoms with Crippen molar-refractivity contribution in [1.82, 2.24) is 0 Å². The number of carbonyl (C=O) groups excluding carboxylic acids is 1. The quantitative estimate of drug-likeness (QED) is 0.511. The van der Waals surface area contributed by atoms with Crippen LogP contribution in [0.3, 0.4) is 0 Å². The first-order valence-electron chi connectivity index (χ1n) is 4.78. The summed E-state index contributed by atoms with van der Waals surface area (Å²) in [6.45, 7) is 3.73. The van der Waals surface area contributed by atoms with Crippen LogP contribution in [0.5, 0.6) is 0 Å². The number of carboxylic acid groups (broad SMARTS) is 1. The van der Waals surface area contributed by atoms with Gasteiger partial charge in [-0.1, -0.05) is 0 Å². The lowest BCUT2D eigenvalue weighted by atomic mass is 9.88. The zero-order chi connectivity index (χ0) is 11.9. The maximum absolute atomic E-state index is 11.1. The fraction of sp³-hybridized carbons (Fsp3) is 0.800. The summed E-state index contributed by atoms with van der Waals surface area (Å²) in [5.74, 6) is -1.30. The third kappa shape index (κ3) is 6.06. The van der Waals surface area contributed by atoms with Crippen molar-refractivity contribution in [2.45, 2.75) is 26.7 Å². The molecular formula is C10H18O5. The Labute approximate surface area is 89.4 Å². The van der Waals surface area contributed by atoms with Crippen molar-refractivity contribution in [2.24, 2.45) is 5.41 Å². The monoisotopic (exact) mass is 218 g/mol. The number of carbonyl (C=O) groups is 2. The first-order valence-corrected chi connectivity index (χ1v) is 4.78. The second-order valence-corrected chi connectivity index (χ2v) is 3.90. The van der Waals surface area contributed by atoms with E-state index >= 15 is 0 Å². The molecule has 0 aliphatic rings. The molecule has 0 heterocycles. The fourth-order valence-corrected chi connectivity index (χ4v) is 0.832. The molecule has 0 saturated heterocycles. The van der Waals surface area contributed by atoms with E-state index < -0.39 is 11.4 Å². The summed E-state index contributed by atoms with van der Waals surface area (Å²) < 4.78 is 9.51. The van der Waals surface area contributed by atoms with Crippen LogP contribution in [-0.4, -0.2) is 37.4 Å². The average molecular weight is 218 g/mol. The Morgan fingerprint density at radius 1 is 1.27 bits per heavy atom. The predicted octanol–water partition coefficient (Wildman–Crippen LogP) is 1.07. The summed E-state index contributed by atoms with van der Waals surface area (Å²) in [5, 5.41) is 8.80. The van der Waals surface area contributed by atoms with Crippen molar-refractivity contribution in [3.63, 3.8) is 0 Å². The van der Waals surface area contributed by atoms with Crippen molar-refractivity contribution >= 4 is 11.9 Å². The Morgan fingerprint density at radius 2 is 1.87 bits per heavy atom. The van der Waals surface area contributed by atoms with Gasteiger partial charge < -0.3 is 14.6 Å². The van der Waals surface area contributed by atoms with Gasteiger partial charge in [0.25, 0.3) is 0 Å². The highest BCUT2D eigenvalue weighted by atomic mass is 16.6. The van der Waals surface area contributed by atoms with Crippen LogP contribution in [0.4, 0.5) is 0 Å². The molecule has 0 unspecified atom stereocenters. The van der Waals surface area contributed by atoms with E-state index in [1.165, 1.54) is 7.11 Å². The van der Waals surface area contributed by atoms with E-state index in [2.05, 4.69) is 0 Å². The van der Waals surface area contributed by atoms with E-state index in [1.54, 1.807) is 13.8 Å². The van der Waals surface area contributed by atoms with E-state index in [9.17, 15) is 9.59 Å². The number of aliphatic carboxylic acids is 1. The molecule has 15 heavy (non-hydrogen) atoms. The highest BCUT2D eigenvalue weighted by Gasteiger charge is 2.27. The van der Waals surface area contributed by atoms with E-state index in [0.29, 0.717) is 6.61 Å². The van der Waals surface area contributed by atoms with Crippen LogP contribution in [0.2, 0.25) is 0 Å². The van der Waals surface area contributed by atoms with Gasteiger partial charge in [-0.05, 0) is 20.3 Å². The van der Waals surface area contributed by atoms with Gasteiger partial charge in [0.2, 0.25) is 0 Å². The lowest BCUT2D eigenvalue weighted by molar-refractivity contribution is -0.149. The van der Waals surface area contributed by atoms with Gasteiger partial charge in [-0.15, -0.1) is 0 Å². The lowest BCUT2D eigenvalue weighted by Gasteiger charge is -2.17. The molecule has 0 aromatic heterocycles. The summed E-state index contributed by atoms with van der Waals surface area (Å²) in [5.41, 5.74) is -0.889. The maximum Gasteiger partial charge on any atom is 0.309 e. The van der Waals surface area contributed by atoms with Crippen LogP contribution in [0.15, 0.2) is 0 Å². The minimum atomic E-state index is -0.910. The van der Waals surface area contributed by atoms with Crippen LogP contribution in [0, 0.1) is 5.41 Å². The highest BCUT2D eigenvalue weighted by molar-refractivity contribution is 5.75. The summed E-state index contributed by atoms with van der Waals surface area (Å²) in [7, 11) is 1.52. The molecule has 0 amide bonds. The van der Waals surface area contributed by atoms with E-state index in [0.717, 1.165) is 0 Å². The van der Waals surface area contributed by atoms with Crippen LogP contribution >= 0.6 is 0 Å². The average Bonchev–Trinajstić information content (AvgIpc) is 2.15. The minimum absolute atomic E-state index is 0.114. The molecule has 0 fully saturated rings. The number of hydrogen-bond donors (Lipinski definition) is 1. The highest BCUT2D eigenvalue weighted by Crippen LogP contribution is 2.22. The first-order chi connectivity index (χ1) is 6.90. The van der Waals surface area contributed by atoms with Crippen LogP contribution < -0.4 is 0 Å². The molecule has 0 bridgehead atoms. The molecule has 1 N–H and O–H groups in total. The zero-order valence-corrected chi connectivity index (χ0v) is 9.41. The maximum atomic E-state index is 11.1. The number of methoxy groups -OCH3 is 1. The molecule has 0 rings (SSSR count). The number of ether oxygens (including phenoxy) is 2. The molecule has 0 radical (unpaired) electrons. The van der Waals surface area contributed by atoms with Gasteiger partial charge in [-0.3, -0.25) is 9.59 Å². The second-order valence-electron chi connectivity index (χ2n) is 3.90. The number of rotatable bonds is 7. The Morgan fingerprint density at radius 3 is 2.33 bits per heavy atom. The normalized spacial score (nSPS) is 11.1. The lowest BCUT2D eigenvalue weighted by Crippen LogP contribution is -2.25. The van der Waals surface area contributed by atoms with Crippen molar-refractivity contribution in [3.05, 3.63) is 0 Å². The number of carboxylic acids is 1. The first kappa shape index (κ1) is 13.9. The molecule has 0 atom stereocenters. The molecule has 0 aliphatic heterocycles. The van der Waals surface area contributed by atoms with Gasteiger partial charge in [0.05, 0.1) is 12.0 Å². The Balaban J connectivity index is 3.75. The van der Waals surface area contributed by atoms with Crippen LogP contribution in [0.25, 0.3) is 0 Å².